The van der Waals surface area contributed by atoms with Crippen LogP contribution in [0, 0.1) is 0 Å². The van der Waals surface area contributed by atoms with Crippen molar-refractivity contribution in [2.75, 3.05) is 26.9 Å². The van der Waals surface area contributed by atoms with Crippen molar-refractivity contribution in [1.82, 2.24) is 0 Å². The fraction of sp³-hybridized carbons (Fsp3) is 0.889. The largest absolute Gasteiger partial charge is 0.480 e. The molecular formula is C9H19NO4. The molecule has 0 aromatic carbocycles. The summed E-state index contributed by atoms with van der Waals surface area (Å²) in [4.78, 5) is 10.3. The van der Waals surface area contributed by atoms with Gasteiger partial charge in [-0.2, -0.15) is 0 Å². The number of unbranched alkanes of at least 4 members (excludes halogenated alkanes) is 1. The highest BCUT2D eigenvalue weighted by atomic mass is 16.5. The summed E-state index contributed by atoms with van der Waals surface area (Å²) in [5.41, 5.74) is 5.32. The second-order valence-corrected chi connectivity index (χ2v) is 3.05. The van der Waals surface area contributed by atoms with Crippen molar-refractivity contribution in [2.45, 2.75) is 25.3 Å². The van der Waals surface area contributed by atoms with E-state index in [9.17, 15) is 4.79 Å². The van der Waals surface area contributed by atoms with E-state index in [1.807, 2.05) is 0 Å². The Hall–Kier alpha value is -0.650. The molecule has 0 saturated heterocycles. The lowest BCUT2D eigenvalue weighted by atomic mass is 10.1. The number of methoxy groups -OCH3 is 1. The van der Waals surface area contributed by atoms with E-state index >= 15 is 0 Å². The van der Waals surface area contributed by atoms with Gasteiger partial charge in [0.15, 0.2) is 0 Å². The lowest BCUT2D eigenvalue weighted by Gasteiger charge is -2.06. The maximum atomic E-state index is 10.3. The van der Waals surface area contributed by atoms with Crippen molar-refractivity contribution in [3.05, 3.63) is 0 Å². The van der Waals surface area contributed by atoms with Crippen LogP contribution in [-0.4, -0.2) is 44.0 Å². The van der Waals surface area contributed by atoms with Crippen LogP contribution >= 0.6 is 0 Å². The minimum absolute atomic E-state index is 0.503. The van der Waals surface area contributed by atoms with E-state index in [1.54, 1.807) is 7.11 Å². The van der Waals surface area contributed by atoms with E-state index in [0.717, 1.165) is 12.8 Å². The normalized spacial score (nSPS) is 12.7. The summed E-state index contributed by atoms with van der Waals surface area (Å²) in [7, 11) is 1.62. The highest BCUT2D eigenvalue weighted by Crippen LogP contribution is 1.99. The number of carboxylic acid groups (broad SMARTS) is 1. The van der Waals surface area contributed by atoms with Gasteiger partial charge in [-0.05, 0) is 19.3 Å². The number of hydrogen-bond acceptors (Lipinski definition) is 4. The Bertz CT molecular complexity index is 152. The fourth-order valence-electron chi connectivity index (χ4n) is 0.936. The molecule has 0 aliphatic heterocycles. The summed E-state index contributed by atoms with van der Waals surface area (Å²) < 4.78 is 10.00. The van der Waals surface area contributed by atoms with Crippen LogP contribution in [0.5, 0.6) is 0 Å². The first-order valence-electron chi connectivity index (χ1n) is 4.73. The van der Waals surface area contributed by atoms with Crippen LogP contribution in [0.15, 0.2) is 0 Å². The first kappa shape index (κ1) is 13.4. The quantitative estimate of drug-likeness (QED) is 0.527. The number of nitrogens with two attached hydrogens (primary N) is 1. The van der Waals surface area contributed by atoms with Gasteiger partial charge in [-0.1, -0.05) is 0 Å². The van der Waals surface area contributed by atoms with Crippen LogP contribution in [0.3, 0.4) is 0 Å². The SMILES string of the molecule is COCCOCCCCC(N)C(=O)O. The van der Waals surface area contributed by atoms with Gasteiger partial charge in [0.05, 0.1) is 13.2 Å². The zero-order chi connectivity index (χ0) is 10.8. The van der Waals surface area contributed by atoms with E-state index in [4.69, 9.17) is 20.3 Å². The molecule has 0 aliphatic rings. The molecule has 0 heterocycles. The Morgan fingerprint density at radius 2 is 2.07 bits per heavy atom. The van der Waals surface area contributed by atoms with Crippen LogP contribution in [0.1, 0.15) is 19.3 Å². The number of hydrogen-bond donors (Lipinski definition) is 2. The van der Waals surface area contributed by atoms with Gasteiger partial charge in [-0.15, -0.1) is 0 Å². The third-order valence-electron chi connectivity index (χ3n) is 1.80. The number of rotatable bonds is 9. The lowest BCUT2D eigenvalue weighted by molar-refractivity contribution is -0.138. The van der Waals surface area contributed by atoms with Crippen LogP contribution in [0.4, 0.5) is 0 Å². The van der Waals surface area contributed by atoms with Gasteiger partial charge in [-0.25, -0.2) is 0 Å². The Morgan fingerprint density at radius 1 is 1.36 bits per heavy atom. The molecule has 1 unspecified atom stereocenters. The molecule has 0 amide bonds. The minimum atomic E-state index is -0.940. The van der Waals surface area contributed by atoms with Crippen molar-refractivity contribution in [2.24, 2.45) is 5.73 Å². The summed E-state index contributed by atoms with van der Waals surface area (Å²) in [5, 5.41) is 8.48. The second kappa shape index (κ2) is 8.93. The third kappa shape index (κ3) is 7.97. The highest BCUT2D eigenvalue weighted by Gasteiger charge is 2.09. The van der Waals surface area contributed by atoms with E-state index in [0.29, 0.717) is 26.2 Å². The zero-order valence-electron chi connectivity index (χ0n) is 8.57. The number of ether oxygens (including phenoxy) is 2. The Labute approximate surface area is 84.2 Å². The van der Waals surface area contributed by atoms with Crippen LogP contribution < -0.4 is 5.73 Å². The van der Waals surface area contributed by atoms with E-state index in [-0.39, 0.29) is 0 Å². The van der Waals surface area contributed by atoms with Crippen molar-refractivity contribution in [1.29, 1.82) is 0 Å². The molecule has 0 rings (SSSR count). The summed E-state index contributed by atoms with van der Waals surface area (Å²) in [6.45, 7) is 1.81. The van der Waals surface area contributed by atoms with Crippen LogP contribution in [0.25, 0.3) is 0 Å². The average Bonchev–Trinajstić information content (AvgIpc) is 2.16. The van der Waals surface area contributed by atoms with E-state index in [1.165, 1.54) is 0 Å². The molecular weight excluding hydrogens is 186 g/mol. The summed E-state index contributed by atoms with van der Waals surface area (Å²) in [6, 6.07) is -0.742. The number of carbonyl (C=O) groups is 1. The van der Waals surface area contributed by atoms with Crippen LogP contribution in [-0.2, 0) is 14.3 Å². The number of carboxylic acids is 1. The second-order valence-electron chi connectivity index (χ2n) is 3.05. The Morgan fingerprint density at radius 3 is 2.64 bits per heavy atom. The van der Waals surface area contributed by atoms with Crippen molar-refractivity contribution < 1.29 is 19.4 Å². The molecule has 1 atom stereocenters. The molecule has 5 heteroatoms. The van der Waals surface area contributed by atoms with E-state index < -0.39 is 12.0 Å². The van der Waals surface area contributed by atoms with Gasteiger partial charge in [0.1, 0.15) is 6.04 Å². The van der Waals surface area contributed by atoms with Gasteiger partial charge < -0.3 is 20.3 Å². The average molecular weight is 205 g/mol. The molecule has 0 saturated carbocycles. The molecule has 0 spiro atoms. The fourth-order valence-corrected chi connectivity index (χ4v) is 0.936. The minimum Gasteiger partial charge on any atom is -0.480 e. The van der Waals surface area contributed by atoms with Crippen LogP contribution in [0.2, 0.25) is 0 Å². The van der Waals surface area contributed by atoms with E-state index in [2.05, 4.69) is 0 Å². The van der Waals surface area contributed by atoms with Crippen molar-refractivity contribution in [3.8, 4) is 0 Å². The topological polar surface area (TPSA) is 81.8 Å². The van der Waals surface area contributed by atoms with Gasteiger partial charge in [0, 0.05) is 13.7 Å². The van der Waals surface area contributed by atoms with Gasteiger partial charge in [0.25, 0.3) is 0 Å². The van der Waals surface area contributed by atoms with Gasteiger partial charge >= 0.3 is 5.97 Å². The predicted molar refractivity (Wildman–Crippen MR) is 52.2 cm³/mol. The molecule has 14 heavy (non-hydrogen) atoms. The Balaban J connectivity index is 3.09. The standard InChI is InChI=1S/C9H19NO4/c1-13-6-7-14-5-3-2-4-8(10)9(11)12/h8H,2-7,10H2,1H3,(H,11,12). The molecule has 0 bridgehead atoms. The lowest BCUT2D eigenvalue weighted by Crippen LogP contribution is -2.29. The predicted octanol–water partition coefficient (Wildman–Crippen LogP) is 0.232. The monoisotopic (exact) mass is 205 g/mol. The first-order chi connectivity index (χ1) is 6.68. The number of aliphatic carboxylic acids is 1. The molecule has 0 aromatic rings. The van der Waals surface area contributed by atoms with Crippen molar-refractivity contribution in [3.63, 3.8) is 0 Å². The molecule has 3 N–H and O–H groups in total. The summed E-state index contributed by atoms with van der Waals surface area (Å²) in [6.07, 6.45) is 2.12. The summed E-state index contributed by atoms with van der Waals surface area (Å²) >= 11 is 0. The Kier molecular flexibility index (Phi) is 8.51. The summed E-state index contributed by atoms with van der Waals surface area (Å²) in [5.74, 6) is -0.940. The van der Waals surface area contributed by atoms with Gasteiger partial charge in [0.2, 0.25) is 0 Å². The maximum Gasteiger partial charge on any atom is 0.320 e. The first-order valence-corrected chi connectivity index (χ1v) is 4.73. The molecule has 0 radical (unpaired) electrons. The smallest absolute Gasteiger partial charge is 0.320 e. The molecule has 5 nitrogen and oxygen atoms in total. The molecule has 84 valence electrons. The highest BCUT2D eigenvalue weighted by molar-refractivity contribution is 5.72. The van der Waals surface area contributed by atoms with Gasteiger partial charge in [-0.3, -0.25) is 4.79 Å². The van der Waals surface area contributed by atoms with Crippen molar-refractivity contribution >= 4 is 5.97 Å². The zero-order valence-corrected chi connectivity index (χ0v) is 8.57. The molecule has 0 aliphatic carbocycles. The maximum absolute atomic E-state index is 10.3. The molecule has 0 aromatic heterocycles. The third-order valence-corrected chi connectivity index (χ3v) is 1.80. The molecule has 0 fully saturated rings.